The highest BCUT2D eigenvalue weighted by Gasteiger charge is 2.20. The van der Waals surface area contributed by atoms with Crippen LogP contribution in [0.2, 0.25) is 0 Å². The van der Waals surface area contributed by atoms with Crippen LogP contribution in [-0.2, 0) is 4.79 Å². The summed E-state index contributed by atoms with van der Waals surface area (Å²) in [5.74, 6) is 2.11. The largest absolute Gasteiger partial charge is 0.497 e. The lowest BCUT2D eigenvalue weighted by molar-refractivity contribution is -0.113. The highest BCUT2D eigenvalue weighted by atomic mass is 32.2. The molecule has 0 saturated heterocycles. The summed E-state index contributed by atoms with van der Waals surface area (Å²) < 4.78 is 12.7. The fraction of sp³-hybridized carbons (Fsp3) is 0.136. The van der Waals surface area contributed by atoms with Crippen molar-refractivity contribution in [2.75, 3.05) is 25.3 Å². The van der Waals surface area contributed by atoms with Crippen molar-refractivity contribution in [2.45, 2.75) is 5.16 Å². The molecule has 1 amide bonds. The number of hydrogen-bond donors (Lipinski definition) is 1. The smallest absolute Gasteiger partial charge is 0.234 e. The van der Waals surface area contributed by atoms with Crippen LogP contribution in [0.3, 0.4) is 0 Å². The third-order valence-corrected chi connectivity index (χ3v) is 6.18. The Morgan fingerprint density at radius 1 is 1.06 bits per heavy atom. The predicted molar refractivity (Wildman–Crippen MR) is 124 cm³/mol. The van der Waals surface area contributed by atoms with Gasteiger partial charge in [-0.15, -0.1) is 21.5 Å². The second-order valence-electron chi connectivity index (χ2n) is 6.36. The summed E-state index contributed by atoms with van der Waals surface area (Å²) in [5.41, 5.74) is 1.49. The number of aromatic nitrogens is 3. The van der Waals surface area contributed by atoms with Gasteiger partial charge in [-0.25, -0.2) is 0 Å². The molecule has 2 heterocycles. The van der Waals surface area contributed by atoms with Crippen LogP contribution in [0, 0.1) is 0 Å². The van der Waals surface area contributed by atoms with E-state index in [4.69, 9.17) is 9.47 Å². The molecule has 158 valence electrons. The Morgan fingerprint density at radius 2 is 1.94 bits per heavy atom. The zero-order chi connectivity index (χ0) is 21.6. The van der Waals surface area contributed by atoms with Gasteiger partial charge in [-0.3, -0.25) is 9.36 Å². The number of amides is 1. The molecule has 1 N–H and O–H groups in total. The van der Waals surface area contributed by atoms with Crippen molar-refractivity contribution in [3.05, 3.63) is 66.0 Å². The van der Waals surface area contributed by atoms with E-state index in [9.17, 15) is 4.79 Å². The van der Waals surface area contributed by atoms with Gasteiger partial charge >= 0.3 is 0 Å². The fourth-order valence-corrected chi connectivity index (χ4v) is 4.43. The first kappa shape index (κ1) is 21.0. The molecule has 7 nitrogen and oxygen atoms in total. The SMILES string of the molecule is COc1cccc(NC(=O)CSc2nnc(-c3cccs3)n2-c2ccccc2OC)c1. The number of nitrogens with zero attached hydrogens (tertiary/aromatic N) is 3. The number of carbonyl (C=O) groups excluding carboxylic acids is 1. The van der Waals surface area contributed by atoms with Crippen molar-refractivity contribution < 1.29 is 14.3 Å². The molecular formula is C22H20N4O3S2. The van der Waals surface area contributed by atoms with Gasteiger partial charge in [0.25, 0.3) is 0 Å². The lowest BCUT2D eigenvalue weighted by Crippen LogP contribution is -2.14. The monoisotopic (exact) mass is 452 g/mol. The third kappa shape index (κ3) is 4.73. The highest BCUT2D eigenvalue weighted by Crippen LogP contribution is 2.34. The van der Waals surface area contributed by atoms with Crippen LogP contribution in [0.4, 0.5) is 5.69 Å². The molecular weight excluding hydrogens is 432 g/mol. The van der Waals surface area contributed by atoms with E-state index in [-0.39, 0.29) is 11.7 Å². The molecule has 0 aliphatic heterocycles. The maximum absolute atomic E-state index is 12.5. The lowest BCUT2D eigenvalue weighted by atomic mass is 10.3. The first-order valence-corrected chi connectivity index (χ1v) is 11.3. The number of hydrogen-bond acceptors (Lipinski definition) is 7. The van der Waals surface area contributed by atoms with Gasteiger partial charge < -0.3 is 14.8 Å². The van der Waals surface area contributed by atoms with Gasteiger partial charge in [0.1, 0.15) is 11.5 Å². The molecule has 2 aromatic carbocycles. The predicted octanol–water partition coefficient (Wildman–Crippen LogP) is 4.74. The van der Waals surface area contributed by atoms with Crippen molar-refractivity contribution in [3.63, 3.8) is 0 Å². The summed E-state index contributed by atoms with van der Waals surface area (Å²) in [6, 6.07) is 18.9. The summed E-state index contributed by atoms with van der Waals surface area (Å²) >= 11 is 2.89. The number of thioether (sulfide) groups is 1. The quantitative estimate of drug-likeness (QED) is 0.389. The summed E-state index contributed by atoms with van der Waals surface area (Å²) in [6.45, 7) is 0. The number of benzene rings is 2. The molecule has 0 fully saturated rings. The standard InChI is InChI=1S/C22H20N4O3S2/c1-28-16-8-5-7-15(13-16)23-20(27)14-31-22-25-24-21(19-11-6-12-30-19)26(22)17-9-3-4-10-18(17)29-2/h3-13H,14H2,1-2H3,(H,23,27). The van der Waals surface area contributed by atoms with Crippen molar-refractivity contribution in [2.24, 2.45) is 0 Å². The van der Waals surface area contributed by atoms with E-state index in [0.717, 1.165) is 10.6 Å². The maximum Gasteiger partial charge on any atom is 0.234 e. The third-order valence-electron chi connectivity index (χ3n) is 4.39. The molecule has 0 aliphatic rings. The Hall–Kier alpha value is -3.30. The van der Waals surface area contributed by atoms with Gasteiger partial charge in [-0.05, 0) is 35.7 Å². The molecule has 31 heavy (non-hydrogen) atoms. The van der Waals surface area contributed by atoms with Crippen molar-refractivity contribution >= 4 is 34.7 Å². The summed E-state index contributed by atoms with van der Waals surface area (Å²) in [4.78, 5) is 13.5. The molecule has 0 spiro atoms. The first-order chi connectivity index (χ1) is 15.2. The molecule has 2 aromatic heterocycles. The van der Waals surface area contributed by atoms with Gasteiger partial charge in [-0.2, -0.15) is 0 Å². The molecule has 0 saturated carbocycles. The van der Waals surface area contributed by atoms with Crippen molar-refractivity contribution in [1.29, 1.82) is 0 Å². The topological polar surface area (TPSA) is 78.3 Å². The van der Waals surface area contributed by atoms with Gasteiger partial charge in [0, 0.05) is 11.8 Å². The normalized spacial score (nSPS) is 10.6. The van der Waals surface area contributed by atoms with E-state index in [1.165, 1.54) is 11.8 Å². The van der Waals surface area contributed by atoms with Gasteiger partial charge in [0.2, 0.25) is 5.91 Å². The zero-order valence-corrected chi connectivity index (χ0v) is 18.6. The molecule has 4 aromatic rings. The van der Waals surface area contributed by atoms with E-state index in [2.05, 4.69) is 15.5 Å². The average Bonchev–Trinajstić information content (AvgIpc) is 3.47. The van der Waals surface area contributed by atoms with E-state index >= 15 is 0 Å². The second kappa shape index (κ2) is 9.67. The van der Waals surface area contributed by atoms with Crippen LogP contribution in [0.5, 0.6) is 11.5 Å². The summed E-state index contributed by atoms with van der Waals surface area (Å²) in [7, 11) is 3.22. The summed E-state index contributed by atoms with van der Waals surface area (Å²) in [6.07, 6.45) is 0. The molecule has 0 bridgehead atoms. The maximum atomic E-state index is 12.5. The Kier molecular flexibility index (Phi) is 6.54. The van der Waals surface area contributed by atoms with Crippen LogP contribution in [-0.4, -0.2) is 40.6 Å². The first-order valence-electron chi connectivity index (χ1n) is 9.39. The molecule has 0 unspecified atom stereocenters. The Bertz CT molecular complexity index is 1180. The average molecular weight is 453 g/mol. The number of nitrogens with one attached hydrogen (secondary N) is 1. The van der Waals surface area contributed by atoms with Crippen molar-refractivity contribution in [1.82, 2.24) is 14.8 Å². The minimum atomic E-state index is -0.148. The number of ether oxygens (including phenoxy) is 2. The Balaban J connectivity index is 1.59. The Morgan fingerprint density at radius 3 is 2.71 bits per heavy atom. The number of anilines is 1. The lowest BCUT2D eigenvalue weighted by Gasteiger charge is -2.13. The van der Waals surface area contributed by atoms with Gasteiger partial charge in [0.05, 0.1) is 30.5 Å². The minimum absolute atomic E-state index is 0.148. The molecule has 9 heteroatoms. The second-order valence-corrected chi connectivity index (χ2v) is 8.25. The van der Waals surface area contributed by atoms with Crippen molar-refractivity contribution in [3.8, 4) is 27.9 Å². The zero-order valence-electron chi connectivity index (χ0n) is 16.9. The molecule has 0 radical (unpaired) electrons. The van der Waals surface area contributed by atoms with E-state index in [0.29, 0.717) is 28.2 Å². The van der Waals surface area contributed by atoms with Gasteiger partial charge in [-0.1, -0.05) is 36.0 Å². The van der Waals surface area contributed by atoms with Crippen LogP contribution in [0.1, 0.15) is 0 Å². The number of methoxy groups -OCH3 is 2. The van der Waals surface area contributed by atoms with Crippen LogP contribution in [0.25, 0.3) is 16.4 Å². The fourth-order valence-electron chi connectivity index (χ4n) is 2.99. The van der Waals surface area contributed by atoms with Gasteiger partial charge in [0.15, 0.2) is 11.0 Å². The summed E-state index contributed by atoms with van der Waals surface area (Å²) in [5, 5.41) is 14.2. The number of thiophene rings is 1. The Labute approximate surface area is 188 Å². The van der Waals surface area contributed by atoms with E-state index in [1.54, 1.807) is 31.6 Å². The highest BCUT2D eigenvalue weighted by molar-refractivity contribution is 7.99. The minimum Gasteiger partial charge on any atom is -0.497 e. The van der Waals surface area contributed by atoms with E-state index in [1.807, 2.05) is 64.5 Å². The van der Waals surface area contributed by atoms with Crippen LogP contribution >= 0.6 is 23.1 Å². The molecule has 4 rings (SSSR count). The van der Waals surface area contributed by atoms with Crippen LogP contribution in [0.15, 0.2) is 71.2 Å². The number of para-hydroxylation sites is 2. The van der Waals surface area contributed by atoms with E-state index < -0.39 is 0 Å². The number of carbonyl (C=O) groups is 1. The molecule has 0 atom stereocenters. The molecule has 0 aliphatic carbocycles. The number of rotatable bonds is 8. The van der Waals surface area contributed by atoms with Crippen LogP contribution < -0.4 is 14.8 Å².